The number of thiazole rings is 1. The number of para-hydroxylation sites is 1. The first kappa shape index (κ1) is 19.9. The average Bonchev–Trinajstić information content (AvgIpc) is 3.45. The van der Waals surface area contributed by atoms with Crippen LogP contribution in [-0.2, 0) is 11.2 Å². The molecule has 3 heterocycles. The van der Waals surface area contributed by atoms with Crippen molar-refractivity contribution in [3.63, 3.8) is 0 Å². The summed E-state index contributed by atoms with van der Waals surface area (Å²) in [5, 5.41) is 1.12. The number of piperidine rings is 1. The number of halogens is 1. The van der Waals surface area contributed by atoms with Crippen LogP contribution in [0, 0.1) is 5.82 Å². The van der Waals surface area contributed by atoms with Crippen molar-refractivity contribution in [2.45, 2.75) is 31.6 Å². The maximum Gasteiger partial charge on any atom is 0.223 e. The number of amides is 1. The number of fused-ring (bicyclic) bond motifs is 1. The van der Waals surface area contributed by atoms with Gasteiger partial charge in [0.15, 0.2) is 0 Å². The summed E-state index contributed by atoms with van der Waals surface area (Å²) in [4.78, 5) is 19.6. The van der Waals surface area contributed by atoms with Gasteiger partial charge in [0.1, 0.15) is 17.3 Å². The van der Waals surface area contributed by atoms with Gasteiger partial charge >= 0.3 is 0 Å². The van der Waals surface area contributed by atoms with E-state index in [1.54, 1.807) is 35.6 Å². The van der Waals surface area contributed by atoms with Gasteiger partial charge < -0.3 is 9.32 Å². The quantitative estimate of drug-likeness (QED) is 0.385. The second kappa shape index (κ2) is 8.63. The molecule has 0 bridgehead atoms. The second-order valence-electron chi connectivity index (χ2n) is 7.94. The maximum absolute atomic E-state index is 14.0. The Hall–Kier alpha value is -2.99. The second-order valence-corrected chi connectivity index (χ2v) is 9.01. The Kier molecular flexibility index (Phi) is 5.55. The van der Waals surface area contributed by atoms with Crippen molar-refractivity contribution in [1.82, 2.24) is 9.88 Å². The molecule has 4 aromatic rings. The third kappa shape index (κ3) is 4.26. The molecule has 2 aromatic carbocycles. The highest BCUT2D eigenvalue weighted by atomic mass is 32.1. The minimum Gasteiger partial charge on any atom is -0.461 e. The molecule has 1 amide bonds. The normalized spacial score (nSPS) is 16.7. The predicted molar refractivity (Wildman–Crippen MR) is 121 cm³/mol. The fraction of sp³-hybridized carbons (Fsp3) is 0.280. The van der Waals surface area contributed by atoms with Crippen LogP contribution in [0.3, 0.4) is 0 Å². The van der Waals surface area contributed by atoms with Gasteiger partial charge in [-0.3, -0.25) is 4.79 Å². The van der Waals surface area contributed by atoms with E-state index < -0.39 is 0 Å². The number of hydrogen-bond donors (Lipinski definition) is 0. The number of nitrogens with zero attached hydrogens (tertiary/aromatic N) is 2. The molecule has 31 heavy (non-hydrogen) atoms. The molecule has 1 atom stereocenters. The van der Waals surface area contributed by atoms with Crippen molar-refractivity contribution in [3.8, 4) is 11.3 Å². The molecule has 1 saturated heterocycles. The minimum atomic E-state index is -0.311. The van der Waals surface area contributed by atoms with Crippen molar-refractivity contribution in [1.29, 1.82) is 0 Å². The molecular formula is C25H23FN2O2S. The molecule has 0 saturated carbocycles. The molecule has 0 spiro atoms. The van der Waals surface area contributed by atoms with E-state index in [1.165, 1.54) is 10.8 Å². The summed E-state index contributed by atoms with van der Waals surface area (Å²) >= 11 is 1.73. The number of hydrogen-bond acceptors (Lipinski definition) is 4. The SMILES string of the molecule is O=C(CCc1ccc(-c2ccccc2F)o1)N1CCC[C@H](c2nc3ccccc3s2)C1. The molecule has 0 unspecified atom stereocenters. The summed E-state index contributed by atoms with van der Waals surface area (Å²) in [7, 11) is 0. The number of carbonyl (C=O) groups excluding carboxylic acids is 1. The van der Waals surface area contributed by atoms with E-state index in [0.717, 1.165) is 36.5 Å². The number of aryl methyl sites for hydroxylation is 1. The Balaban J connectivity index is 1.21. The van der Waals surface area contributed by atoms with Crippen LogP contribution < -0.4 is 0 Å². The molecule has 1 fully saturated rings. The van der Waals surface area contributed by atoms with Gasteiger partial charge in [-0.2, -0.15) is 0 Å². The first-order valence-corrected chi connectivity index (χ1v) is 11.5. The van der Waals surface area contributed by atoms with Gasteiger partial charge in [-0.25, -0.2) is 9.37 Å². The summed E-state index contributed by atoms with van der Waals surface area (Å²) < 4.78 is 21.0. The van der Waals surface area contributed by atoms with Crippen molar-refractivity contribution < 1.29 is 13.6 Å². The standard InChI is InChI=1S/C25H23FN2O2S/c26-20-8-2-1-7-19(20)22-13-11-18(30-22)12-14-24(29)28-15-5-6-17(16-28)25-27-21-9-3-4-10-23(21)31-25/h1-4,7-11,13,17H,5-6,12,14-16H2/t17-/m0/s1. The predicted octanol–water partition coefficient (Wildman–Crippen LogP) is 6.03. The molecule has 6 heteroatoms. The van der Waals surface area contributed by atoms with Gasteiger partial charge in [0.25, 0.3) is 0 Å². The van der Waals surface area contributed by atoms with Crippen molar-refractivity contribution in [3.05, 3.63) is 77.2 Å². The van der Waals surface area contributed by atoms with Crippen molar-refractivity contribution in [2.24, 2.45) is 0 Å². The van der Waals surface area contributed by atoms with Crippen LogP contribution in [0.4, 0.5) is 4.39 Å². The average molecular weight is 435 g/mol. The monoisotopic (exact) mass is 434 g/mol. The highest BCUT2D eigenvalue weighted by Crippen LogP contribution is 2.33. The lowest BCUT2D eigenvalue weighted by Gasteiger charge is -2.31. The Labute approximate surface area is 184 Å². The molecule has 0 radical (unpaired) electrons. The molecular weight excluding hydrogens is 411 g/mol. The summed E-state index contributed by atoms with van der Waals surface area (Å²) in [6.07, 6.45) is 2.95. The van der Waals surface area contributed by atoms with Crippen molar-refractivity contribution >= 4 is 27.5 Å². The molecule has 0 aliphatic carbocycles. The Bertz CT molecular complexity index is 1180. The fourth-order valence-electron chi connectivity index (χ4n) is 4.18. The lowest BCUT2D eigenvalue weighted by Crippen LogP contribution is -2.39. The summed E-state index contributed by atoms with van der Waals surface area (Å²) in [6, 6.07) is 18.3. The maximum atomic E-state index is 14.0. The zero-order valence-electron chi connectivity index (χ0n) is 17.1. The lowest BCUT2D eigenvalue weighted by molar-refractivity contribution is -0.132. The van der Waals surface area contributed by atoms with Crippen LogP contribution in [0.15, 0.2) is 65.1 Å². The Morgan fingerprint density at radius 3 is 2.84 bits per heavy atom. The van der Waals surface area contributed by atoms with Gasteiger partial charge in [-0.1, -0.05) is 24.3 Å². The molecule has 0 N–H and O–H groups in total. The van der Waals surface area contributed by atoms with E-state index >= 15 is 0 Å². The first-order chi connectivity index (χ1) is 15.2. The minimum absolute atomic E-state index is 0.134. The zero-order chi connectivity index (χ0) is 21.2. The van der Waals surface area contributed by atoms with E-state index in [9.17, 15) is 9.18 Å². The molecule has 1 aliphatic heterocycles. The third-order valence-corrected chi connectivity index (χ3v) is 7.02. The van der Waals surface area contributed by atoms with Crippen LogP contribution >= 0.6 is 11.3 Å². The molecule has 5 rings (SSSR count). The van der Waals surface area contributed by atoms with E-state index in [2.05, 4.69) is 6.07 Å². The Morgan fingerprint density at radius 2 is 1.97 bits per heavy atom. The van der Waals surface area contributed by atoms with Crippen LogP contribution in [-0.4, -0.2) is 28.9 Å². The van der Waals surface area contributed by atoms with E-state index in [4.69, 9.17) is 9.40 Å². The fourth-order valence-corrected chi connectivity index (χ4v) is 5.27. The summed E-state index contributed by atoms with van der Waals surface area (Å²) in [5.74, 6) is 1.32. The van der Waals surface area contributed by atoms with Crippen LogP contribution in [0.1, 0.15) is 35.9 Å². The summed E-state index contributed by atoms with van der Waals surface area (Å²) in [5.41, 5.74) is 1.48. The smallest absolute Gasteiger partial charge is 0.223 e. The van der Waals surface area contributed by atoms with Gasteiger partial charge in [0.2, 0.25) is 5.91 Å². The van der Waals surface area contributed by atoms with Crippen LogP contribution in [0.5, 0.6) is 0 Å². The first-order valence-electron chi connectivity index (χ1n) is 10.6. The lowest BCUT2D eigenvalue weighted by atomic mass is 9.98. The highest BCUT2D eigenvalue weighted by Gasteiger charge is 2.27. The number of carbonyl (C=O) groups is 1. The van der Waals surface area contributed by atoms with E-state index in [0.29, 0.717) is 35.8 Å². The molecule has 2 aromatic heterocycles. The van der Waals surface area contributed by atoms with Gasteiger partial charge in [-0.05, 0) is 49.2 Å². The van der Waals surface area contributed by atoms with Crippen LogP contribution in [0.2, 0.25) is 0 Å². The molecule has 158 valence electrons. The van der Waals surface area contributed by atoms with Crippen molar-refractivity contribution in [2.75, 3.05) is 13.1 Å². The summed E-state index contributed by atoms with van der Waals surface area (Å²) in [6.45, 7) is 1.51. The largest absolute Gasteiger partial charge is 0.461 e. The number of furan rings is 1. The number of likely N-dealkylation sites (tertiary alicyclic amines) is 1. The Morgan fingerprint density at radius 1 is 1.13 bits per heavy atom. The molecule has 1 aliphatic rings. The van der Waals surface area contributed by atoms with Gasteiger partial charge in [0, 0.05) is 31.8 Å². The van der Waals surface area contributed by atoms with E-state index in [-0.39, 0.29) is 11.7 Å². The van der Waals surface area contributed by atoms with Gasteiger partial charge in [0.05, 0.1) is 20.8 Å². The number of aromatic nitrogens is 1. The number of rotatable bonds is 5. The highest BCUT2D eigenvalue weighted by molar-refractivity contribution is 7.18. The van der Waals surface area contributed by atoms with E-state index in [1.807, 2.05) is 29.2 Å². The van der Waals surface area contributed by atoms with Crippen LogP contribution in [0.25, 0.3) is 21.5 Å². The molecule has 4 nitrogen and oxygen atoms in total. The zero-order valence-corrected chi connectivity index (χ0v) is 17.9. The number of benzene rings is 2. The van der Waals surface area contributed by atoms with Gasteiger partial charge in [-0.15, -0.1) is 11.3 Å². The third-order valence-electron chi connectivity index (χ3n) is 5.82. The topological polar surface area (TPSA) is 46.3 Å².